The number of carbonyl (C=O) groups is 1. The van der Waals surface area contributed by atoms with Crippen molar-refractivity contribution >= 4 is 35.8 Å². The van der Waals surface area contributed by atoms with Gasteiger partial charge in [-0.05, 0) is 26.2 Å². The molecule has 0 aromatic rings. The number of guanidine groups is 1. The highest BCUT2D eigenvalue weighted by atomic mass is 127. The van der Waals surface area contributed by atoms with E-state index in [1.165, 1.54) is 6.42 Å². The molecule has 0 aromatic carbocycles. The third kappa shape index (κ3) is 6.92. The molecule has 6 nitrogen and oxygen atoms in total. The van der Waals surface area contributed by atoms with E-state index in [-0.39, 0.29) is 41.8 Å². The Kier molecular flexibility index (Phi) is 9.48. The molecule has 25 heavy (non-hydrogen) atoms. The van der Waals surface area contributed by atoms with E-state index in [1.807, 2.05) is 25.7 Å². The van der Waals surface area contributed by atoms with Crippen LogP contribution >= 0.6 is 24.0 Å². The van der Waals surface area contributed by atoms with E-state index < -0.39 is 5.60 Å². The number of halogens is 1. The molecule has 1 unspecified atom stereocenters. The smallest absolute Gasteiger partial charge is 0.225 e. The van der Waals surface area contributed by atoms with Crippen LogP contribution in [0, 0.1) is 5.92 Å². The number of carbonyl (C=O) groups excluding carboxylic acids is 1. The van der Waals surface area contributed by atoms with Crippen molar-refractivity contribution in [3.63, 3.8) is 0 Å². The third-order valence-electron chi connectivity index (χ3n) is 4.99. The topological polar surface area (TPSA) is 77.0 Å². The lowest BCUT2D eigenvalue weighted by Gasteiger charge is -2.30. The Balaban J connectivity index is 0.00000312. The van der Waals surface area contributed by atoms with E-state index in [9.17, 15) is 9.90 Å². The number of nitrogens with one attached hydrogen (secondary N) is 2. The van der Waals surface area contributed by atoms with Crippen LogP contribution in [0.2, 0.25) is 0 Å². The average molecular weight is 466 g/mol. The Labute approximate surface area is 169 Å². The number of aliphatic imine (C=N–C) groups is 1. The minimum absolute atomic E-state index is 0. The van der Waals surface area contributed by atoms with E-state index in [0.29, 0.717) is 6.54 Å². The van der Waals surface area contributed by atoms with Gasteiger partial charge in [-0.15, -0.1) is 24.0 Å². The lowest BCUT2D eigenvalue weighted by molar-refractivity contribution is -0.133. The van der Waals surface area contributed by atoms with Gasteiger partial charge in [-0.2, -0.15) is 0 Å². The summed E-state index contributed by atoms with van der Waals surface area (Å²) in [5.74, 6) is 1.02. The van der Waals surface area contributed by atoms with Crippen LogP contribution < -0.4 is 10.6 Å². The Morgan fingerprint density at radius 1 is 1.32 bits per heavy atom. The van der Waals surface area contributed by atoms with Gasteiger partial charge in [0.25, 0.3) is 0 Å². The first kappa shape index (κ1) is 22.5. The Bertz CT molecular complexity index is 450. The van der Waals surface area contributed by atoms with E-state index in [2.05, 4.69) is 15.6 Å². The van der Waals surface area contributed by atoms with Crippen molar-refractivity contribution in [2.24, 2.45) is 10.9 Å². The zero-order chi connectivity index (χ0) is 17.6. The van der Waals surface area contributed by atoms with Gasteiger partial charge in [0.15, 0.2) is 5.96 Å². The van der Waals surface area contributed by atoms with Crippen LogP contribution in [0.4, 0.5) is 0 Å². The van der Waals surface area contributed by atoms with Crippen molar-refractivity contribution in [1.29, 1.82) is 0 Å². The summed E-state index contributed by atoms with van der Waals surface area (Å²) in [4.78, 5) is 18.6. The van der Waals surface area contributed by atoms with E-state index >= 15 is 0 Å². The number of rotatable bonds is 5. The number of hydrogen-bond acceptors (Lipinski definition) is 3. The fraction of sp³-hybridized carbons (Fsp3) is 0.889. The molecular formula is C18H35IN4O2. The summed E-state index contributed by atoms with van der Waals surface area (Å²) in [5, 5.41) is 17.3. The quantitative estimate of drug-likeness (QED) is 0.330. The Hall–Kier alpha value is -0.570. The number of hydrogen-bond donors (Lipinski definition) is 3. The summed E-state index contributed by atoms with van der Waals surface area (Å²) >= 11 is 0. The zero-order valence-electron chi connectivity index (χ0n) is 15.9. The summed E-state index contributed by atoms with van der Waals surface area (Å²) in [6.07, 6.45) is 6.01. The predicted molar refractivity (Wildman–Crippen MR) is 112 cm³/mol. The van der Waals surface area contributed by atoms with Gasteiger partial charge < -0.3 is 20.6 Å². The molecule has 1 saturated heterocycles. The Morgan fingerprint density at radius 2 is 2.00 bits per heavy atom. The summed E-state index contributed by atoms with van der Waals surface area (Å²) in [6.45, 7) is 8.69. The van der Waals surface area contributed by atoms with Gasteiger partial charge in [0, 0.05) is 31.6 Å². The molecule has 1 aliphatic heterocycles. The van der Waals surface area contributed by atoms with Gasteiger partial charge >= 0.3 is 0 Å². The molecule has 0 aromatic heterocycles. The van der Waals surface area contributed by atoms with Gasteiger partial charge in [0.2, 0.25) is 5.91 Å². The summed E-state index contributed by atoms with van der Waals surface area (Å²) < 4.78 is 0. The number of aliphatic hydroxyl groups is 1. The van der Waals surface area contributed by atoms with E-state index in [0.717, 1.165) is 57.7 Å². The molecule has 1 saturated carbocycles. The number of nitrogens with zero attached hydrogens (tertiary/aromatic N) is 2. The number of amides is 1. The van der Waals surface area contributed by atoms with Crippen LogP contribution in [-0.4, -0.2) is 59.7 Å². The van der Waals surface area contributed by atoms with Gasteiger partial charge in [0.1, 0.15) is 0 Å². The molecule has 1 amide bonds. The lowest BCUT2D eigenvalue weighted by Crippen LogP contribution is -2.46. The fourth-order valence-corrected chi connectivity index (χ4v) is 3.55. The zero-order valence-corrected chi connectivity index (χ0v) is 18.2. The van der Waals surface area contributed by atoms with Crippen LogP contribution in [0.25, 0.3) is 0 Å². The second kappa shape index (κ2) is 10.5. The second-order valence-electron chi connectivity index (χ2n) is 7.55. The molecule has 7 heteroatoms. The maximum absolute atomic E-state index is 12.1. The van der Waals surface area contributed by atoms with E-state index in [1.54, 1.807) is 0 Å². The minimum atomic E-state index is -0.643. The predicted octanol–water partition coefficient (Wildman–Crippen LogP) is 2.11. The van der Waals surface area contributed by atoms with Crippen molar-refractivity contribution in [3.8, 4) is 0 Å². The lowest BCUT2D eigenvalue weighted by atomic mass is 9.85. The second-order valence-corrected chi connectivity index (χ2v) is 7.55. The van der Waals surface area contributed by atoms with Gasteiger partial charge in [-0.1, -0.05) is 33.1 Å². The fourth-order valence-electron chi connectivity index (χ4n) is 3.55. The van der Waals surface area contributed by atoms with Crippen molar-refractivity contribution in [2.45, 2.75) is 70.9 Å². The maximum atomic E-state index is 12.1. The first-order valence-corrected chi connectivity index (χ1v) is 9.49. The van der Waals surface area contributed by atoms with Crippen LogP contribution in [0.3, 0.4) is 0 Å². The first-order valence-electron chi connectivity index (χ1n) is 9.49. The third-order valence-corrected chi connectivity index (χ3v) is 4.99. The first-order chi connectivity index (χ1) is 11.4. The van der Waals surface area contributed by atoms with Crippen molar-refractivity contribution in [2.75, 3.05) is 26.2 Å². The molecule has 2 fully saturated rings. The van der Waals surface area contributed by atoms with Gasteiger partial charge in [0.05, 0.1) is 12.1 Å². The van der Waals surface area contributed by atoms with E-state index in [4.69, 9.17) is 0 Å². The standard InChI is InChI=1S/C18H34N4O2.HI/c1-4-19-17(20-13-18(24)9-6-5-7-10-18)21-15-8-11-22(12-15)16(23)14(2)3;/h14-15,24H,4-13H2,1-3H3,(H2,19,20,21);1H. The summed E-state index contributed by atoms with van der Waals surface area (Å²) in [5.41, 5.74) is -0.643. The summed E-state index contributed by atoms with van der Waals surface area (Å²) in [7, 11) is 0. The molecular weight excluding hydrogens is 431 g/mol. The maximum Gasteiger partial charge on any atom is 0.225 e. The van der Waals surface area contributed by atoms with Crippen molar-refractivity contribution < 1.29 is 9.90 Å². The van der Waals surface area contributed by atoms with Crippen molar-refractivity contribution in [3.05, 3.63) is 0 Å². The molecule has 1 heterocycles. The molecule has 146 valence electrons. The molecule has 1 atom stereocenters. The molecule has 2 rings (SSSR count). The molecule has 0 bridgehead atoms. The van der Waals surface area contributed by atoms with Gasteiger partial charge in [-0.25, -0.2) is 0 Å². The molecule has 1 aliphatic carbocycles. The monoisotopic (exact) mass is 466 g/mol. The van der Waals surface area contributed by atoms with Crippen LogP contribution in [0.5, 0.6) is 0 Å². The molecule has 0 spiro atoms. The average Bonchev–Trinajstić information content (AvgIpc) is 3.01. The summed E-state index contributed by atoms with van der Waals surface area (Å²) in [6, 6.07) is 0.228. The van der Waals surface area contributed by atoms with Crippen molar-refractivity contribution in [1.82, 2.24) is 15.5 Å². The Morgan fingerprint density at radius 3 is 2.60 bits per heavy atom. The van der Waals surface area contributed by atoms with Crippen LogP contribution in [-0.2, 0) is 4.79 Å². The molecule has 0 radical (unpaired) electrons. The molecule has 2 aliphatic rings. The van der Waals surface area contributed by atoms with Crippen LogP contribution in [0.15, 0.2) is 4.99 Å². The highest BCUT2D eigenvalue weighted by molar-refractivity contribution is 14.0. The minimum Gasteiger partial charge on any atom is -0.388 e. The highest BCUT2D eigenvalue weighted by Gasteiger charge is 2.30. The largest absolute Gasteiger partial charge is 0.388 e. The highest BCUT2D eigenvalue weighted by Crippen LogP contribution is 2.28. The number of likely N-dealkylation sites (tertiary alicyclic amines) is 1. The normalized spacial score (nSPS) is 23.3. The molecule has 3 N–H and O–H groups in total. The van der Waals surface area contributed by atoms with Crippen LogP contribution in [0.1, 0.15) is 59.3 Å². The SMILES string of the molecule is CCNC(=NCC1(O)CCCCC1)NC1CCN(C(=O)C(C)C)C1.I. The van der Waals surface area contributed by atoms with Gasteiger partial charge in [-0.3, -0.25) is 9.79 Å².